The number of carboxylic acids is 1. The van der Waals surface area contributed by atoms with Gasteiger partial charge in [0.15, 0.2) is 5.69 Å². The van der Waals surface area contributed by atoms with E-state index in [2.05, 4.69) is 27.7 Å². The van der Waals surface area contributed by atoms with Gasteiger partial charge in [-0.05, 0) is 18.6 Å². The van der Waals surface area contributed by atoms with Crippen LogP contribution in [-0.2, 0) is 6.18 Å². The van der Waals surface area contributed by atoms with Crippen LogP contribution in [0.3, 0.4) is 0 Å². The van der Waals surface area contributed by atoms with Crippen LogP contribution in [0, 0.1) is 0 Å². The molecule has 162 valence electrons. The molecule has 0 fully saturated rings. The van der Waals surface area contributed by atoms with E-state index in [9.17, 15) is 18.0 Å². The zero-order valence-electron chi connectivity index (χ0n) is 16.6. The Labute approximate surface area is 168 Å². The van der Waals surface area contributed by atoms with Crippen molar-refractivity contribution in [3.05, 3.63) is 41.7 Å². The number of H-pyrrole nitrogens is 1. The molecule has 0 aliphatic heterocycles. The van der Waals surface area contributed by atoms with Crippen molar-refractivity contribution in [3.63, 3.8) is 0 Å². The highest BCUT2D eigenvalue weighted by Crippen LogP contribution is 2.34. The number of carboxylic acid groups (broad SMARTS) is 1. The van der Waals surface area contributed by atoms with E-state index in [1.54, 1.807) is 6.07 Å². The molecular formula is C20H29F3N4O2. The number of aromatic amines is 1. The summed E-state index contributed by atoms with van der Waals surface area (Å²) >= 11 is 0. The predicted octanol–water partition coefficient (Wildman–Crippen LogP) is 5.76. The molecule has 0 saturated carbocycles. The van der Waals surface area contributed by atoms with Crippen molar-refractivity contribution >= 4 is 11.7 Å². The van der Waals surface area contributed by atoms with Crippen LogP contribution >= 0.6 is 0 Å². The summed E-state index contributed by atoms with van der Waals surface area (Å²) in [5.41, 5.74) is -0.456. The maximum absolute atomic E-state index is 12.8. The zero-order valence-corrected chi connectivity index (χ0v) is 16.6. The van der Waals surface area contributed by atoms with Crippen molar-refractivity contribution in [1.29, 1.82) is 0 Å². The van der Waals surface area contributed by atoms with Gasteiger partial charge in [0.2, 0.25) is 0 Å². The molecule has 0 bridgehead atoms. The fraction of sp³-hybridized carbons (Fsp3) is 0.550. The number of halogens is 3. The van der Waals surface area contributed by atoms with Gasteiger partial charge in [-0.25, -0.2) is 4.79 Å². The van der Waals surface area contributed by atoms with Crippen LogP contribution in [0.15, 0.2) is 30.5 Å². The largest absolute Gasteiger partial charge is 0.476 e. The molecule has 0 aliphatic carbocycles. The van der Waals surface area contributed by atoms with Crippen molar-refractivity contribution in [2.24, 2.45) is 0 Å². The highest BCUT2D eigenvalue weighted by molar-refractivity contribution is 5.84. The van der Waals surface area contributed by atoms with Gasteiger partial charge in [0.1, 0.15) is 0 Å². The molecule has 0 saturated heterocycles. The molecule has 29 heavy (non-hydrogen) atoms. The van der Waals surface area contributed by atoms with Crippen molar-refractivity contribution in [2.45, 2.75) is 64.5 Å². The SMILES string of the molecule is CCCCCCCCCCNc1ccccc1C(F)(F)F.O=C(O)c1cn[nH]n1. The number of aromatic carboxylic acids is 1. The zero-order chi connectivity index (χ0) is 21.5. The summed E-state index contributed by atoms with van der Waals surface area (Å²) in [5, 5.41) is 19.8. The van der Waals surface area contributed by atoms with Gasteiger partial charge in [-0.15, -0.1) is 5.10 Å². The molecule has 0 spiro atoms. The molecule has 0 radical (unpaired) electrons. The number of alkyl halides is 3. The summed E-state index contributed by atoms with van der Waals surface area (Å²) in [6, 6.07) is 5.67. The van der Waals surface area contributed by atoms with Gasteiger partial charge in [-0.3, -0.25) is 0 Å². The van der Waals surface area contributed by atoms with Crippen LogP contribution in [0.4, 0.5) is 18.9 Å². The predicted molar refractivity (Wildman–Crippen MR) is 106 cm³/mol. The Morgan fingerprint density at radius 2 is 1.69 bits per heavy atom. The number of aromatic nitrogens is 3. The average Bonchev–Trinajstić information content (AvgIpc) is 3.22. The van der Waals surface area contributed by atoms with E-state index in [1.807, 2.05) is 0 Å². The lowest BCUT2D eigenvalue weighted by molar-refractivity contribution is -0.136. The quantitative estimate of drug-likeness (QED) is 0.407. The molecule has 0 atom stereocenters. The number of benzene rings is 1. The second kappa shape index (κ2) is 13.6. The van der Waals surface area contributed by atoms with Crippen LogP contribution in [0.2, 0.25) is 0 Å². The third-order valence-electron chi connectivity index (χ3n) is 4.21. The monoisotopic (exact) mass is 414 g/mol. The van der Waals surface area contributed by atoms with Crippen LogP contribution in [0.1, 0.15) is 74.3 Å². The molecule has 0 amide bonds. The summed E-state index contributed by atoms with van der Waals surface area (Å²) in [6.07, 6.45) is 6.38. The Bertz CT molecular complexity index is 691. The molecule has 1 aromatic heterocycles. The summed E-state index contributed by atoms with van der Waals surface area (Å²) in [7, 11) is 0. The number of carbonyl (C=O) groups is 1. The summed E-state index contributed by atoms with van der Waals surface area (Å²) in [5.74, 6) is -1.07. The van der Waals surface area contributed by atoms with E-state index in [0.717, 1.165) is 25.1 Å². The van der Waals surface area contributed by atoms with Gasteiger partial charge >= 0.3 is 12.1 Å². The Morgan fingerprint density at radius 3 is 2.21 bits per heavy atom. The van der Waals surface area contributed by atoms with Gasteiger partial charge in [0.25, 0.3) is 0 Å². The van der Waals surface area contributed by atoms with Crippen molar-refractivity contribution in [1.82, 2.24) is 15.4 Å². The molecule has 2 aromatic rings. The summed E-state index contributed by atoms with van der Waals surface area (Å²) in [6.45, 7) is 2.80. The Morgan fingerprint density at radius 1 is 1.07 bits per heavy atom. The Hall–Kier alpha value is -2.58. The second-order valence-electron chi connectivity index (χ2n) is 6.61. The molecule has 1 heterocycles. The fourth-order valence-electron chi connectivity index (χ4n) is 2.67. The first-order valence-electron chi connectivity index (χ1n) is 9.85. The summed E-state index contributed by atoms with van der Waals surface area (Å²) in [4.78, 5) is 9.94. The van der Waals surface area contributed by atoms with Gasteiger partial charge in [-0.2, -0.15) is 23.5 Å². The minimum absolute atomic E-state index is 0.0648. The number of anilines is 1. The highest BCUT2D eigenvalue weighted by atomic mass is 19.4. The molecule has 3 N–H and O–H groups in total. The lowest BCUT2D eigenvalue weighted by Gasteiger charge is -2.14. The topological polar surface area (TPSA) is 90.9 Å². The average molecular weight is 414 g/mol. The number of nitrogens with one attached hydrogen (secondary N) is 2. The van der Waals surface area contributed by atoms with Gasteiger partial charge < -0.3 is 10.4 Å². The molecule has 0 aliphatic rings. The third-order valence-corrected chi connectivity index (χ3v) is 4.21. The van der Waals surface area contributed by atoms with Crippen LogP contribution in [0.25, 0.3) is 0 Å². The Kier molecular flexibility index (Phi) is 11.4. The van der Waals surface area contributed by atoms with Crippen molar-refractivity contribution in [2.75, 3.05) is 11.9 Å². The Balaban J connectivity index is 0.000000436. The molecule has 6 nitrogen and oxygen atoms in total. The van der Waals surface area contributed by atoms with E-state index in [0.29, 0.717) is 6.54 Å². The first kappa shape index (κ1) is 24.5. The molecule has 1 aromatic carbocycles. The van der Waals surface area contributed by atoms with E-state index in [4.69, 9.17) is 5.11 Å². The van der Waals surface area contributed by atoms with Crippen molar-refractivity contribution < 1.29 is 23.1 Å². The van der Waals surface area contributed by atoms with Crippen molar-refractivity contribution in [3.8, 4) is 0 Å². The van der Waals surface area contributed by atoms with Gasteiger partial charge in [0.05, 0.1) is 11.8 Å². The van der Waals surface area contributed by atoms with Crippen LogP contribution in [0.5, 0.6) is 0 Å². The number of unbranched alkanes of at least 4 members (excludes halogenated alkanes) is 7. The summed E-state index contributed by atoms with van der Waals surface area (Å²) < 4.78 is 38.4. The maximum Gasteiger partial charge on any atom is 0.418 e. The fourth-order valence-corrected chi connectivity index (χ4v) is 2.67. The number of nitrogens with zero attached hydrogens (tertiary/aromatic N) is 2. The van der Waals surface area contributed by atoms with Crippen LogP contribution < -0.4 is 5.32 Å². The molecule has 0 unspecified atom stereocenters. The lowest BCUT2D eigenvalue weighted by Crippen LogP contribution is -2.11. The molecular weight excluding hydrogens is 385 g/mol. The first-order valence-corrected chi connectivity index (χ1v) is 9.85. The minimum Gasteiger partial charge on any atom is -0.476 e. The normalized spacial score (nSPS) is 10.9. The highest BCUT2D eigenvalue weighted by Gasteiger charge is 2.32. The van der Waals surface area contributed by atoms with Crippen LogP contribution in [-0.4, -0.2) is 33.0 Å². The minimum atomic E-state index is -4.29. The maximum atomic E-state index is 12.8. The molecule has 2 rings (SSSR count). The van der Waals surface area contributed by atoms with Gasteiger partial charge in [-0.1, -0.05) is 64.0 Å². The van der Waals surface area contributed by atoms with E-state index >= 15 is 0 Å². The lowest BCUT2D eigenvalue weighted by atomic mass is 10.1. The standard InChI is InChI=1S/C17H26F3N.C3H3N3O2/c1-2-3-4-5-6-7-8-11-14-21-16-13-10-9-12-15(16)17(18,19)20;7-3(8)2-1-4-6-5-2/h9-10,12-13,21H,2-8,11,14H2,1H3;1H,(H,7,8)(H,4,5,6). The number of hydrogen-bond donors (Lipinski definition) is 3. The number of hydrogen-bond acceptors (Lipinski definition) is 4. The van der Waals surface area contributed by atoms with E-state index in [1.165, 1.54) is 50.7 Å². The smallest absolute Gasteiger partial charge is 0.418 e. The number of rotatable bonds is 11. The van der Waals surface area contributed by atoms with E-state index in [-0.39, 0.29) is 11.4 Å². The second-order valence-corrected chi connectivity index (χ2v) is 6.61. The van der Waals surface area contributed by atoms with Gasteiger partial charge in [0, 0.05) is 12.2 Å². The molecule has 9 heteroatoms. The number of para-hydroxylation sites is 1. The first-order chi connectivity index (χ1) is 13.9. The third kappa shape index (κ3) is 10.5. The van der Waals surface area contributed by atoms with E-state index < -0.39 is 17.7 Å².